The van der Waals surface area contributed by atoms with Crippen molar-refractivity contribution in [1.82, 2.24) is 4.98 Å². The number of hydrogen-bond donors (Lipinski definition) is 3. The van der Waals surface area contributed by atoms with Crippen molar-refractivity contribution in [3.05, 3.63) is 18.3 Å². The van der Waals surface area contributed by atoms with Crippen LogP contribution in [0, 0.1) is 0 Å². The first kappa shape index (κ1) is 6.16. The number of aromatic nitrogens is 1. The molecule has 3 nitrogen and oxygen atoms in total. The molecular weight excluding hydrogens is 114 g/mol. The van der Waals surface area contributed by atoms with Crippen LogP contribution in [0.5, 0.6) is 0 Å². The zero-order valence-corrected chi connectivity index (χ0v) is 5.22. The lowest BCUT2D eigenvalue weighted by Gasteiger charge is -1.98. The average molecular weight is 125 g/mol. The fraction of sp³-hybridized carbons (Fsp3) is 0.333. The molecule has 1 aromatic rings. The Hall–Kier alpha value is -0.960. The van der Waals surface area contributed by atoms with E-state index in [0.29, 0.717) is 6.54 Å². The predicted octanol–water partition coefficient (Wildman–Crippen LogP) is 0.385. The van der Waals surface area contributed by atoms with Crippen molar-refractivity contribution < 1.29 is 0 Å². The van der Waals surface area contributed by atoms with Gasteiger partial charge in [0.25, 0.3) is 0 Å². The van der Waals surface area contributed by atoms with Crippen LogP contribution < -0.4 is 11.1 Å². The molecule has 1 heterocycles. The van der Waals surface area contributed by atoms with Gasteiger partial charge in [0.15, 0.2) is 0 Å². The van der Waals surface area contributed by atoms with Crippen molar-refractivity contribution in [3.63, 3.8) is 0 Å². The molecule has 1 aromatic heterocycles. The fourth-order valence-electron chi connectivity index (χ4n) is 0.647. The summed E-state index contributed by atoms with van der Waals surface area (Å²) in [6.45, 7) is 1.49. The molecule has 0 aromatic carbocycles. The Bertz CT molecular complexity index is 145. The smallest absolute Gasteiger partial charge is 0.103 e. The van der Waals surface area contributed by atoms with E-state index in [1.54, 1.807) is 0 Å². The van der Waals surface area contributed by atoms with Crippen LogP contribution in [0.4, 0.5) is 5.82 Å². The summed E-state index contributed by atoms with van der Waals surface area (Å²) in [5.41, 5.74) is 5.27. The lowest BCUT2D eigenvalue weighted by Crippen LogP contribution is -2.12. The van der Waals surface area contributed by atoms with Gasteiger partial charge in [0, 0.05) is 19.3 Å². The quantitative estimate of drug-likeness (QED) is 0.547. The molecule has 0 radical (unpaired) electrons. The summed E-state index contributed by atoms with van der Waals surface area (Å²) in [4.78, 5) is 3.01. The summed E-state index contributed by atoms with van der Waals surface area (Å²) in [6.07, 6.45) is 1.87. The van der Waals surface area contributed by atoms with Crippen molar-refractivity contribution in [2.45, 2.75) is 0 Å². The van der Waals surface area contributed by atoms with Crippen LogP contribution in [0.3, 0.4) is 0 Å². The molecule has 3 heteroatoms. The largest absolute Gasteiger partial charge is 0.370 e. The monoisotopic (exact) mass is 125 g/mol. The van der Waals surface area contributed by atoms with Gasteiger partial charge in [-0.15, -0.1) is 0 Å². The molecule has 9 heavy (non-hydrogen) atoms. The van der Waals surface area contributed by atoms with E-state index in [-0.39, 0.29) is 0 Å². The third kappa shape index (κ3) is 1.77. The lowest BCUT2D eigenvalue weighted by molar-refractivity contribution is 1.02. The molecule has 0 saturated heterocycles. The topological polar surface area (TPSA) is 53.8 Å². The first-order valence-corrected chi connectivity index (χ1v) is 3.01. The van der Waals surface area contributed by atoms with Gasteiger partial charge in [-0.25, -0.2) is 0 Å². The van der Waals surface area contributed by atoms with Gasteiger partial charge in [-0.05, 0) is 12.1 Å². The second-order valence-corrected chi connectivity index (χ2v) is 1.80. The van der Waals surface area contributed by atoms with Gasteiger partial charge in [0.05, 0.1) is 0 Å². The van der Waals surface area contributed by atoms with Gasteiger partial charge in [0.1, 0.15) is 5.82 Å². The van der Waals surface area contributed by atoms with E-state index in [1.807, 2.05) is 18.3 Å². The van der Waals surface area contributed by atoms with Gasteiger partial charge >= 0.3 is 0 Å². The minimum atomic E-state index is 0.666. The highest BCUT2D eigenvalue weighted by atomic mass is 15.0. The summed E-state index contributed by atoms with van der Waals surface area (Å²) in [5.74, 6) is 1.03. The van der Waals surface area contributed by atoms with E-state index in [9.17, 15) is 0 Å². The first-order chi connectivity index (χ1) is 4.43. The van der Waals surface area contributed by atoms with Crippen LogP contribution in [0.1, 0.15) is 0 Å². The van der Waals surface area contributed by atoms with E-state index in [0.717, 1.165) is 12.4 Å². The number of rotatable bonds is 3. The molecule has 0 amide bonds. The van der Waals surface area contributed by atoms with Crippen molar-refractivity contribution >= 4 is 5.82 Å². The Labute approximate surface area is 54.3 Å². The van der Waals surface area contributed by atoms with E-state index in [1.165, 1.54) is 0 Å². The summed E-state index contributed by atoms with van der Waals surface area (Å²) < 4.78 is 0. The van der Waals surface area contributed by atoms with Crippen molar-refractivity contribution in [2.75, 3.05) is 18.4 Å². The number of aromatic amines is 1. The molecule has 0 aliphatic rings. The van der Waals surface area contributed by atoms with Crippen molar-refractivity contribution in [2.24, 2.45) is 5.73 Å². The molecule has 1 rings (SSSR count). The Balaban J connectivity index is 2.30. The summed E-state index contributed by atoms with van der Waals surface area (Å²) >= 11 is 0. The Morgan fingerprint density at radius 3 is 3.11 bits per heavy atom. The maximum atomic E-state index is 5.27. The molecule has 0 atom stereocenters. The van der Waals surface area contributed by atoms with Crippen molar-refractivity contribution in [3.8, 4) is 0 Å². The maximum absolute atomic E-state index is 5.27. The third-order valence-electron chi connectivity index (χ3n) is 1.06. The lowest BCUT2D eigenvalue weighted by atomic mass is 10.6. The van der Waals surface area contributed by atoms with Crippen LogP contribution in [0.15, 0.2) is 18.3 Å². The highest BCUT2D eigenvalue weighted by Gasteiger charge is 1.85. The zero-order chi connectivity index (χ0) is 6.53. The van der Waals surface area contributed by atoms with E-state index in [2.05, 4.69) is 10.3 Å². The minimum Gasteiger partial charge on any atom is -0.370 e. The summed E-state index contributed by atoms with van der Waals surface area (Å²) in [7, 11) is 0. The zero-order valence-electron chi connectivity index (χ0n) is 5.22. The Morgan fingerprint density at radius 2 is 2.56 bits per heavy atom. The second-order valence-electron chi connectivity index (χ2n) is 1.80. The molecule has 50 valence electrons. The van der Waals surface area contributed by atoms with Gasteiger partial charge < -0.3 is 16.0 Å². The first-order valence-electron chi connectivity index (χ1n) is 3.01. The number of H-pyrrole nitrogens is 1. The normalized spacial score (nSPS) is 9.44. The van der Waals surface area contributed by atoms with Gasteiger partial charge in [-0.2, -0.15) is 0 Å². The molecule has 4 N–H and O–H groups in total. The molecule has 0 spiro atoms. The van der Waals surface area contributed by atoms with E-state index in [4.69, 9.17) is 5.73 Å². The van der Waals surface area contributed by atoms with Crippen LogP contribution in [-0.4, -0.2) is 18.1 Å². The number of nitrogens with two attached hydrogens (primary N) is 1. The Kier molecular flexibility index (Phi) is 2.15. The Morgan fingerprint density at radius 1 is 1.67 bits per heavy atom. The standard InChI is InChI=1S/C6H11N3/c7-3-5-9-6-2-1-4-8-6/h1-2,4,8-9H,3,5,7H2. The number of nitrogens with one attached hydrogen (secondary N) is 2. The highest BCUT2D eigenvalue weighted by molar-refractivity contribution is 5.33. The highest BCUT2D eigenvalue weighted by Crippen LogP contribution is 1.98. The van der Waals surface area contributed by atoms with Crippen LogP contribution in [0.2, 0.25) is 0 Å². The molecule has 0 fully saturated rings. The van der Waals surface area contributed by atoms with Gasteiger partial charge in [0.2, 0.25) is 0 Å². The SMILES string of the molecule is NCCNc1ccc[nH]1. The molecular formula is C6H11N3. The predicted molar refractivity (Wildman–Crippen MR) is 38.3 cm³/mol. The van der Waals surface area contributed by atoms with Crippen LogP contribution in [-0.2, 0) is 0 Å². The summed E-state index contributed by atoms with van der Waals surface area (Å²) in [6, 6.07) is 3.91. The van der Waals surface area contributed by atoms with Gasteiger partial charge in [-0.1, -0.05) is 0 Å². The molecule has 0 unspecified atom stereocenters. The van der Waals surface area contributed by atoms with Gasteiger partial charge in [-0.3, -0.25) is 0 Å². The molecule has 0 saturated carbocycles. The maximum Gasteiger partial charge on any atom is 0.103 e. The van der Waals surface area contributed by atoms with Crippen molar-refractivity contribution in [1.29, 1.82) is 0 Å². The number of hydrogen-bond acceptors (Lipinski definition) is 2. The molecule has 0 aliphatic heterocycles. The van der Waals surface area contributed by atoms with E-state index >= 15 is 0 Å². The summed E-state index contributed by atoms with van der Waals surface area (Å²) in [5, 5.41) is 3.09. The second kappa shape index (κ2) is 3.14. The van der Waals surface area contributed by atoms with E-state index < -0.39 is 0 Å². The third-order valence-corrected chi connectivity index (χ3v) is 1.06. The van der Waals surface area contributed by atoms with Crippen LogP contribution in [0.25, 0.3) is 0 Å². The van der Waals surface area contributed by atoms with Crippen LogP contribution >= 0.6 is 0 Å². The molecule has 0 aliphatic carbocycles. The minimum absolute atomic E-state index is 0.666. The number of anilines is 1. The average Bonchev–Trinajstić information content (AvgIpc) is 2.34. The fourth-order valence-corrected chi connectivity index (χ4v) is 0.647. The molecule has 0 bridgehead atoms.